The maximum Gasteiger partial charge on any atom is 0.261 e. The summed E-state index contributed by atoms with van der Waals surface area (Å²) in [5.74, 6) is 0.495. The summed E-state index contributed by atoms with van der Waals surface area (Å²) in [7, 11) is 1.93. The molecule has 0 bridgehead atoms. The maximum absolute atomic E-state index is 12.7. The van der Waals surface area contributed by atoms with Crippen LogP contribution < -0.4 is 5.32 Å². The first-order chi connectivity index (χ1) is 11.5. The van der Waals surface area contributed by atoms with E-state index < -0.39 is 0 Å². The van der Waals surface area contributed by atoms with Gasteiger partial charge in [0.2, 0.25) is 0 Å². The second kappa shape index (κ2) is 7.23. The lowest BCUT2D eigenvalue weighted by Gasteiger charge is -2.24. The zero-order valence-corrected chi connectivity index (χ0v) is 15.5. The second-order valence-corrected chi connectivity index (χ2v) is 8.18. The minimum atomic E-state index is -0.0174. The quantitative estimate of drug-likeness (QED) is 0.831. The number of amides is 1. The van der Waals surface area contributed by atoms with Gasteiger partial charge >= 0.3 is 0 Å². The van der Waals surface area contributed by atoms with Gasteiger partial charge < -0.3 is 10.4 Å². The Kier molecular flexibility index (Phi) is 5.25. The monoisotopic (exact) mass is 349 g/mol. The van der Waals surface area contributed by atoms with Gasteiger partial charge in [0, 0.05) is 31.0 Å². The van der Waals surface area contributed by atoms with Gasteiger partial charge in [0.15, 0.2) is 0 Å². The highest BCUT2D eigenvalue weighted by atomic mass is 32.1. The van der Waals surface area contributed by atoms with Crippen molar-refractivity contribution in [1.29, 1.82) is 0 Å². The number of carbonyl (C=O) groups is 1. The van der Waals surface area contributed by atoms with Crippen LogP contribution in [0.3, 0.4) is 0 Å². The molecular weight excluding hydrogens is 322 g/mol. The molecule has 2 atom stereocenters. The van der Waals surface area contributed by atoms with E-state index in [-0.39, 0.29) is 24.5 Å². The van der Waals surface area contributed by atoms with Gasteiger partial charge in [0.25, 0.3) is 5.91 Å². The summed E-state index contributed by atoms with van der Waals surface area (Å²) in [4.78, 5) is 14.5. The predicted octanol–water partition coefficient (Wildman–Crippen LogP) is 3.43. The molecule has 1 aliphatic carbocycles. The van der Waals surface area contributed by atoms with Crippen molar-refractivity contribution in [3.63, 3.8) is 0 Å². The van der Waals surface area contributed by atoms with E-state index in [1.807, 2.05) is 17.8 Å². The van der Waals surface area contributed by atoms with Crippen molar-refractivity contribution in [3.05, 3.63) is 16.6 Å². The first-order valence-corrected chi connectivity index (χ1v) is 9.71. The van der Waals surface area contributed by atoms with Gasteiger partial charge in [-0.15, -0.1) is 11.3 Å². The minimum absolute atomic E-state index is 0.0174. The Bertz CT molecular complexity index is 719. The third kappa shape index (κ3) is 3.35. The Morgan fingerprint density at radius 2 is 2.17 bits per heavy atom. The number of carbonyl (C=O) groups excluding carboxylic acids is 1. The third-order valence-electron chi connectivity index (χ3n) is 5.02. The molecule has 0 unspecified atom stereocenters. The number of aryl methyl sites for hydroxylation is 1. The molecule has 0 spiro atoms. The molecule has 1 aliphatic rings. The van der Waals surface area contributed by atoms with Crippen LogP contribution >= 0.6 is 11.3 Å². The van der Waals surface area contributed by atoms with Gasteiger partial charge in [0.1, 0.15) is 4.83 Å². The van der Waals surface area contributed by atoms with E-state index in [0.29, 0.717) is 5.92 Å². The van der Waals surface area contributed by atoms with Crippen molar-refractivity contribution in [2.75, 3.05) is 6.61 Å². The van der Waals surface area contributed by atoms with Crippen molar-refractivity contribution in [3.8, 4) is 0 Å². The molecule has 2 heterocycles. The average molecular weight is 350 g/mol. The van der Waals surface area contributed by atoms with Crippen LogP contribution in [0, 0.1) is 5.92 Å². The van der Waals surface area contributed by atoms with Crippen molar-refractivity contribution in [1.82, 2.24) is 15.1 Å². The Labute approximate surface area is 147 Å². The summed E-state index contributed by atoms with van der Waals surface area (Å²) in [6.07, 6.45) is 5.41. The van der Waals surface area contributed by atoms with Crippen molar-refractivity contribution in [2.24, 2.45) is 13.0 Å². The lowest BCUT2D eigenvalue weighted by Crippen LogP contribution is -2.40. The topological polar surface area (TPSA) is 67.2 Å². The van der Waals surface area contributed by atoms with E-state index >= 15 is 0 Å². The molecule has 1 fully saturated rings. The zero-order valence-electron chi connectivity index (χ0n) is 14.7. The molecule has 0 saturated heterocycles. The van der Waals surface area contributed by atoms with Crippen LogP contribution in [-0.4, -0.2) is 33.4 Å². The van der Waals surface area contributed by atoms with Gasteiger partial charge in [-0.25, -0.2) is 0 Å². The molecule has 0 aliphatic heterocycles. The number of fused-ring (bicyclic) bond motifs is 1. The molecule has 2 aromatic rings. The highest BCUT2D eigenvalue weighted by Crippen LogP contribution is 2.32. The van der Waals surface area contributed by atoms with Crippen LogP contribution in [0.1, 0.15) is 67.2 Å². The van der Waals surface area contributed by atoms with Gasteiger partial charge in [-0.05, 0) is 24.8 Å². The van der Waals surface area contributed by atoms with Crippen molar-refractivity contribution < 1.29 is 9.90 Å². The molecule has 24 heavy (non-hydrogen) atoms. The van der Waals surface area contributed by atoms with Gasteiger partial charge in [0.05, 0.1) is 10.6 Å². The number of thiophene rings is 1. The van der Waals surface area contributed by atoms with Gasteiger partial charge in [-0.1, -0.05) is 33.1 Å². The molecule has 2 N–H and O–H groups in total. The molecule has 1 saturated carbocycles. The summed E-state index contributed by atoms with van der Waals surface area (Å²) < 4.78 is 1.87. The first-order valence-electron chi connectivity index (χ1n) is 8.89. The number of aliphatic hydroxyl groups is 1. The van der Waals surface area contributed by atoms with E-state index in [9.17, 15) is 9.90 Å². The normalized spacial score (nSPS) is 22.0. The highest BCUT2D eigenvalue weighted by Gasteiger charge is 2.26. The summed E-state index contributed by atoms with van der Waals surface area (Å²) >= 11 is 1.50. The molecule has 5 nitrogen and oxygen atoms in total. The van der Waals surface area contributed by atoms with Crippen molar-refractivity contribution >= 4 is 27.5 Å². The number of aromatic nitrogens is 2. The van der Waals surface area contributed by atoms with Crippen LogP contribution in [0.2, 0.25) is 0 Å². The number of rotatable bonds is 4. The van der Waals surface area contributed by atoms with Crippen LogP contribution in [0.4, 0.5) is 0 Å². The fourth-order valence-electron chi connectivity index (χ4n) is 3.64. The fraction of sp³-hybridized carbons (Fsp3) is 0.667. The number of nitrogens with zero attached hydrogens (tertiary/aromatic N) is 2. The number of hydrogen-bond acceptors (Lipinski definition) is 4. The van der Waals surface area contributed by atoms with Crippen molar-refractivity contribution in [2.45, 2.75) is 57.9 Å². The van der Waals surface area contributed by atoms with Gasteiger partial charge in [-0.2, -0.15) is 5.10 Å². The predicted molar refractivity (Wildman–Crippen MR) is 97.6 cm³/mol. The van der Waals surface area contributed by atoms with E-state index in [1.54, 1.807) is 0 Å². The molecule has 132 valence electrons. The van der Waals surface area contributed by atoms with E-state index in [4.69, 9.17) is 0 Å². The van der Waals surface area contributed by atoms with Crippen LogP contribution in [0.25, 0.3) is 10.2 Å². The smallest absolute Gasteiger partial charge is 0.261 e. The summed E-state index contributed by atoms with van der Waals surface area (Å²) in [6, 6.07) is 2.06. The Hall–Kier alpha value is -1.40. The number of hydrogen-bond donors (Lipinski definition) is 2. The summed E-state index contributed by atoms with van der Waals surface area (Å²) in [6.45, 7) is 4.39. The lowest BCUT2D eigenvalue weighted by molar-refractivity contribution is 0.0903. The zero-order chi connectivity index (χ0) is 17.3. The fourth-order valence-corrected chi connectivity index (χ4v) is 4.62. The minimum Gasteiger partial charge on any atom is -0.396 e. The highest BCUT2D eigenvalue weighted by molar-refractivity contribution is 7.20. The maximum atomic E-state index is 12.7. The molecule has 3 rings (SSSR count). The molecule has 2 aromatic heterocycles. The Morgan fingerprint density at radius 3 is 2.88 bits per heavy atom. The SMILES string of the molecule is CC(C)c1nn(C)c2sc(C(=O)N[C@H]3CCCCC[C@@H]3CO)cc12. The van der Waals surface area contributed by atoms with Crippen LogP contribution in [0.5, 0.6) is 0 Å². The summed E-state index contributed by atoms with van der Waals surface area (Å²) in [5, 5.41) is 18.5. The third-order valence-corrected chi connectivity index (χ3v) is 6.22. The molecule has 1 amide bonds. The molecule has 0 aromatic carbocycles. The number of aliphatic hydroxyl groups excluding tert-OH is 1. The molecule has 6 heteroatoms. The largest absolute Gasteiger partial charge is 0.396 e. The van der Waals surface area contributed by atoms with Gasteiger partial charge in [-0.3, -0.25) is 9.48 Å². The Balaban J connectivity index is 1.82. The lowest BCUT2D eigenvalue weighted by atomic mass is 9.95. The van der Waals surface area contributed by atoms with E-state index in [1.165, 1.54) is 17.8 Å². The molecular formula is C18H27N3O2S. The van der Waals surface area contributed by atoms with E-state index in [0.717, 1.165) is 46.5 Å². The molecule has 0 radical (unpaired) electrons. The number of nitrogens with one attached hydrogen (secondary N) is 1. The second-order valence-electron chi connectivity index (χ2n) is 7.15. The first kappa shape index (κ1) is 17.4. The van der Waals surface area contributed by atoms with Crippen LogP contribution in [-0.2, 0) is 7.05 Å². The van der Waals surface area contributed by atoms with E-state index in [2.05, 4.69) is 24.3 Å². The average Bonchev–Trinajstić information content (AvgIpc) is 3.02. The Morgan fingerprint density at radius 1 is 1.42 bits per heavy atom. The summed E-state index contributed by atoms with van der Waals surface area (Å²) in [5.41, 5.74) is 1.05. The van der Waals surface area contributed by atoms with Crippen LogP contribution in [0.15, 0.2) is 6.07 Å². The standard InChI is InChI=1S/C18H27N3O2S/c1-11(2)16-13-9-15(24-18(13)21(3)20-16)17(23)19-14-8-6-4-5-7-12(14)10-22/h9,11-12,14,22H,4-8,10H2,1-3H3,(H,19,23)/t12-,14+/m1/s1.